The minimum atomic E-state index is 0.708. The predicted molar refractivity (Wildman–Crippen MR) is 157 cm³/mol. The summed E-state index contributed by atoms with van der Waals surface area (Å²) in [4.78, 5) is 9.98. The van der Waals surface area contributed by atoms with Crippen molar-refractivity contribution in [3.8, 4) is 56.2 Å². The smallest absolute Gasteiger partial charge is 0.160 e. The number of benzene rings is 5. The molecule has 0 radical (unpaired) electrons. The van der Waals surface area contributed by atoms with Crippen molar-refractivity contribution in [1.82, 2.24) is 9.97 Å². The van der Waals surface area contributed by atoms with Crippen LogP contribution in [-0.2, 0) is 0 Å². The second-order valence-electron chi connectivity index (χ2n) is 8.86. The van der Waals surface area contributed by atoms with Gasteiger partial charge in [-0.1, -0.05) is 137 Å². The van der Waals surface area contributed by atoms with Crippen molar-refractivity contribution in [2.75, 3.05) is 0 Å². The normalized spacial score (nSPS) is 10.8. The maximum atomic E-state index is 5.00. The molecule has 37 heavy (non-hydrogen) atoms. The summed E-state index contributed by atoms with van der Waals surface area (Å²) in [5.74, 6) is 0.708. The average molecular weight is 539 g/mol. The highest BCUT2D eigenvalue weighted by Crippen LogP contribution is 2.31. The van der Waals surface area contributed by atoms with Gasteiger partial charge >= 0.3 is 0 Å². The number of hydrogen-bond acceptors (Lipinski definition) is 2. The lowest BCUT2D eigenvalue weighted by Gasteiger charge is -2.11. The Balaban J connectivity index is 1.42. The molecule has 3 heteroatoms. The van der Waals surface area contributed by atoms with Crippen molar-refractivity contribution in [1.29, 1.82) is 0 Å². The van der Waals surface area contributed by atoms with E-state index in [1.807, 2.05) is 24.3 Å². The van der Waals surface area contributed by atoms with E-state index in [4.69, 9.17) is 9.97 Å². The van der Waals surface area contributed by atoms with Gasteiger partial charge in [-0.05, 0) is 40.5 Å². The molecule has 0 bridgehead atoms. The van der Waals surface area contributed by atoms with Gasteiger partial charge in [0.05, 0.1) is 11.4 Å². The van der Waals surface area contributed by atoms with Crippen LogP contribution in [0.4, 0.5) is 0 Å². The summed E-state index contributed by atoms with van der Waals surface area (Å²) < 4.78 is 1.02. The summed E-state index contributed by atoms with van der Waals surface area (Å²) in [5, 5.41) is 0. The topological polar surface area (TPSA) is 25.8 Å². The van der Waals surface area contributed by atoms with Gasteiger partial charge in [-0.2, -0.15) is 0 Å². The maximum Gasteiger partial charge on any atom is 0.160 e. The fourth-order valence-electron chi connectivity index (χ4n) is 4.43. The van der Waals surface area contributed by atoms with Gasteiger partial charge in [-0.3, -0.25) is 0 Å². The van der Waals surface area contributed by atoms with Crippen LogP contribution in [0.3, 0.4) is 0 Å². The third kappa shape index (κ3) is 5.13. The standard InChI is InChI=1S/C34H23BrN2/c35-31-13-7-12-30(22-31)33-23-32(28-18-14-26(15-19-28)24-8-3-1-4-9-24)36-34(37-33)29-20-16-27(17-21-29)25-10-5-2-6-11-25/h1-23H. The summed E-state index contributed by atoms with van der Waals surface area (Å²) in [7, 11) is 0. The molecule has 2 nitrogen and oxygen atoms in total. The molecule has 0 amide bonds. The number of aromatic nitrogens is 2. The summed E-state index contributed by atoms with van der Waals surface area (Å²) in [6.45, 7) is 0. The minimum Gasteiger partial charge on any atom is -0.228 e. The second-order valence-corrected chi connectivity index (χ2v) is 9.77. The van der Waals surface area contributed by atoms with E-state index in [2.05, 4.69) is 131 Å². The van der Waals surface area contributed by atoms with Crippen molar-refractivity contribution < 1.29 is 0 Å². The van der Waals surface area contributed by atoms with Crippen LogP contribution in [0.25, 0.3) is 56.2 Å². The van der Waals surface area contributed by atoms with E-state index in [0.29, 0.717) is 5.82 Å². The molecule has 0 saturated carbocycles. The third-order valence-electron chi connectivity index (χ3n) is 6.38. The first kappa shape index (κ1) is 23.1. The van der Waals surface area contributed by atoms with Crippen molar-refractivity contribution in [2.24, 2.45) is 0 Å². The quantitative estimate of drug-likeness (QED) is 0.218. The molecule has 0 N–H and O–H groups in total. The highest BCUT2D eigenvalue weighted by Gasteiger charge is 2.12. The van der Waals surface area contributed by atoms with Crippen LogP contribution < -0.4 is 0 Å². The molecule has 0 fully saturated rings. The summed E-state index contributed by atoms with van der Waals surface area (Å²) in [6.07, 6.45) is 0. The highest BCUT2D eigenvalue weighted by atomic mass is 79.9. The minimum absolute atomic E-state index is 0.708. The lowest BCUT2D eigenvalue weighted by molar-refractivity contribution is 1.18. The van der Waals surface area contributed by atoms with Crippen molar-refractivity contribution in [3.05, 3.63) is 144 Å². The Morgan fingerprint density at radius 2 is 0.784 bits per heavy atom. The van der Waals surface area contributed by atoms with E-state index < -0.39 is 0 Å². The molecule has 0 saturated heterocycles. The van der Waals surface area contributed by atoms with Crippen LogP contribution in [0.5, 0.6) is 0 Å². The predicted octanol–water partition coefficient (Wildman–Crippen LogP) is 9.57. The Bertz CT molecular complexity index is 1540. The van der Waals surface area contributed by atoms with E-state index in [1.165, 1.54) is 22.3 Å². The fraction of sp³-hybridized carbons (Fsp3) is 0. The Labute approximate surface area is 225 Å². The molecule has 0 aliphatic carbocycles. The van der Waals surface area contributed by atoms with Crippen molar-refractivity contribution in [2.45, 2.75) is 0 Å². The molecule has 1 heterocycles. The average Bonchev–Trinajstić information content (AvgIpc) is 2.98. The third-order valence-corrected chi connectivity index (χ3v) is 6.88. The number of rotatable bonds is 5. The largest absolute Gasteiger partial charge is 0.228 e. The van der Waals surface area contributed by atoms with E-state index in [1.54, 1.807) is 0 Å². The van der Waals surface area contributed by atoms with Crippen LogP contribution in [0.2, 0.25) is 0 Å². The molecular formula is C34H23BrN2. The highest BCUT2D eigenvalue weighted by molar-refractivity contribution is 9.10. The lowest BCUT2D eigenvalue weighted by Crippen LogP contribution is -1.96. The Hall–Kier alpha value is -4.34. The van der Waals surface area contributed by atoms with Gasteiger partial charge in [0.1, 0.15) is 0 Å². The molecule has 176 valence electrons. The fourth-order valence-corrected chi connectivity index (χ4v) is 4.83. The van der Waals surface area contributed by atoms with Gasteiger partial charge in [0, 0.05) is 21.2 Å². The number of halogens is 1. The van der Waals surface area contributed by atoms with Crippen molar-refractivity contribution >= 4 is 15.9 Å². The molecule has 0 aliphatic rings. The molecule has 0 spiro atoms. The van der Waals surface area contributed by atoms with E-state index in [-0.39, 0.29) is 0 Å². The van der Waals surface area contributed by atoms with Gasteiger partial charge in [0.2, 0.25) is 0 Å². The first-order valence-electron chi connectivity index (χ1n) is 12.2. The summed E-state index contributed by atoms with van der Waals surface area (Å²) in [6, 6.07) is 48.2. The molecule has 1 aromatic heterocycles. The van der Waals surface area contributed by atoms with Crippen LogP contribution in [-0.4, -0.2) is 9.97 Å². The Morgan fingerprint density at radius 3 is 1.32 bits per heavy atom. The zero-order valence-electron chi connectivity index (χ0n) is 20.1. The first-order chi connectivity index (χ1) is 18.2. The van der Waals surface area contributed by atoms with Gasteiger partial charge in [-0.15, -0.1) is 0 Å². The van der Waals surface area contributed by atoms with E-state index >= 15 is 0 Å². The van der Waals surface area contributed by atoms with Crippen LogP contribution >= 0.6 is 15.9 Å². The van der Waals surface area contributed by atoms with E-state index in [9.17, 15) is 0 Å². The number of hydrogen-bond donors (Lipinski definition) is 0. The molecule has 6 aromatic rings. The van der Waals surface area contributed by atoms with Gasteiger partial charge in [0.15, 0.2) is 5.82 Å². The second kappa shape index (κ2) is 10.3. The monoisotopic (exact) mass is 538 g/mol. The first-order valence-corrected chi connectivity index (χ1v) is 13.0. The summed E-state index contributed by atoms with van der Waals surface area (Å²) >= 11 is 3.60. The molecular weight excluding hydrogens is 516 g/mol. The molecule has 6 rings (SSSR count). The van der Waals surface area contributed by atoms with Crippen molar-refractivity contribution in [3.63, 3.8) is 0 Å². The number of nitrogens with zero attached hydrogens (tertiary/aromatic N) is 2. The van der Waals surface area contributed by atoms with Gasteiger partial charge in [-0.25, -0.2) is 9.97 Å². The molecule has 5 aromatic carbocycles. The zero-order chi connectivity index (χ0) is 25.0. The van der Waals surface area contributed by atoms with Crippen LogP contribution in [0.15, 0.2) is 144 Å². The SMILES string of the molecule is Brc1cccc(-c2cc(-c3ccc(-c4ccccc4)cc3)nc(-c3ccc(-c4ccccc4)cc3)n2)c1. The maximum absolute atomic E-state index is 5.00. The lowest BCUT2D eigenvalue weighted by atomic mass is 10.0. The Kier molecular flexibility index (Phi) is 6.45. The molecule has 0 atom stereocenters. The van der Waals surface area contributed by atoms with Gasteiger partial charge < -0.3 is 0 Å². The zero-order valence-corrected chi connectivity index (χ0v) is 21.6. The molecule has 0 aliphatic heterocycles. The van der Waals surface area contributed by atoms with Crippen LogP contribution in [0, 0.1) is 0 Å². The van der Waals surface area contributed by atoms with Gasteiger partial charge in [0.25, 0.3) is 0 Å². The van der Waals surface area contributed by atoms with E-state index in [0.717, 1.165) is 32.6 Å². The Morgan fingerprint density at radius 1 is 0.351 bits per heavy atom. The summed E-state index contributed by atoms with van der Waals surface area (Å²) in [5.41, 5.74) is 9.61. The van der Waals surface area contributed by atoms with Crippen LogP contribution in [0.1, 0.15) is 0 Å². The molecule has 0 unspecified atom stereocenters.